The molecule has 0 aliphatic carbocycles. The summed E-state index contributed by atoms with van der Waals surface area (Å²) in [6, 6.07) is 9.82. The van der Waals surface area contributed by atoms with Crippen molar-refractivity contribution < 1.29 is 4.79 Å². The second-order valence-electron chi connectivity index (χ2n) is 6.58. The minimum atomic E-state index is -0.451. The first-order valence-electron chi connectivity index (χ1n) is 9.53. The van der Waals surface area contributed by atoms with Crippen molar-refractivity contribution >= 4 is 5.91 Å². The Labute approximate surface area is 169 Å². The van der Waals surface area contributed by atoms with Gasteiger partial charge in [-0.2, -0.15) is 0 Å². The van der Waals surface area contributed by atoms with E-state index >= 15 is 0 Å². The Morgan fingerprint density at radius 2 is 1.86 bits per heavy atom. The van der Waals surface area contributed by atoms with E-state index in [1.807, 2.05) is 68.5 Å². The van der Waals surface area contributed by atoms with Crippen molar-refractivity contribution in [2.75, 3.05) is 6.54 Å². The van der Waals surface area contributed by atoms with Gasteiger partial charge in [0.1, 0.15) is 6.04 Å². The number of carbonyl (C=O) groups is 1. The third kappa shape index (κ3) is 8.65. The van der Waals surface area contributed by atoms with E-state index in [9.17, 15) is 4.79 Å². The van der Waals surface area contributed by atoms with Gasteiger partial charge in [-0.15, -0.1) is 0 Å². The summed E-state index contributed by atoms with van der Waals surface area (Å²) in [5, 5.41) is 6.27. The van der Waals surface area contributed by atoms with Crippen molar-refractivity contribution in [3.8, 4) is 0 Å². The van der Waals surface area contributed by atoms with Crippen LogP contribution in [0, 0.1) is 0 Å². The highest BCUT2D eigenvalue weighted by molar-refractivity contribution is 5.86. The summed E-state index contributed by atoms with van der Waals surface area (Å²) in [7, 11) is 0. The Kier molecular flexibility index (Phi) is 11.0. The van der Waals surface area contributed by atoms with Gasteiger partial charge in [-0.3, -0.25) is 4.79 Å². The van der Waals surface area contributed by atoms with Gasteiger partial charge in [-0.05, 0) is 37.0 Å². The van der Waals surface area contributed by atoms with Crippen LogP contribution in [0.15, 0.2) is 103 Å². The third-order valence-electron chi connectivity index (χ3n) is 4.21. The van der Waals surface area contributed by atoms with Crippen LogP contribution in [0.2, 0.25) is 0 Å². The molecule has 28 heavy (non-hydrogen) atoms. The Morgan fingerprint density at radius 3 is 2.50 bits per heavy atom. The lowest BCUT2D eigenvalue weighted by atomic mass is 10.00. The average molecular weight is 377 g/mol. The van der Waals surface area contributed by atoms with Crippen molar-refractivity contribution in [3.05, 3.63) is 109 Å². The van der Waals surface area contributed by atoms with Gasteiger partial charge in [0.25, 0.3) is 0 Å². The molecule has 2 N–H and O–H groups in total. The number of nitrogens with one attached hydrogen (secondary N) is 2. The fourth-order valence-corrected chi connectivity index (χ4v) is 2.59. The summed E-state index contributed by atoms with van der Waals surface area (Å²) < 4.78 is 0. The van der Waals surface area contributed by atoms with Crippen molar-refractivity contribution in [3.63, 3.8) is 0 Å². The zero-order valence-electron chi connectivity index (χ0n) is 17.2. The molecule has 1 unspecified atom stereocenters. The summed E-state index contributed by atoms with van der Waals surface area (Å²) in [4.78, 5) is 12.8. The molecule has 0 fully saturated rings. The lowest BCUT2D eigenvalue weighted by Crippen LogP contribution is -2.45. The second kappa shape index (κ2) is 13.3. The predicted octanol–water partition coefficient (Wildman–Crippen LogP) is 5.20. The Morgan fingerprint density at radius 1 is 1.14 bits per heavy atom. The number of benzene rings is 1. The summed E-state index contributed by atoms with van der Waals surface area (Å²) >= 11 is 0. The van der Waals surface area contributed by atoms with E-state index < -0.39 is 6.04 Å². The van der Waals surface area contributed by atoms with Crippen LogP contribution in [-0.4, -0.2) is 18.5 Å². The first-order valence-corrected chi connectivity index (χ1v) is 9.53. The highest BCUT2D eigenvalue weighted by Gasteiger charge is 2.20. The molecular formula is C25H32N2O. The first kappa shape index (κ1) is 23.1. The average Bonchev–Trinajstić information content (AvgIpc) is 2.69. The van der Waals surface area contributed by atoms with E-state index in [2.05, 4.69) is 42.8 Å². The molecule has 0 heterocycles. The van der Waals surface area contributed by atoms with Gasteiger partial charge in [-0.25, -0.2) is 0 Å². The van der Waals surface area contributed by atoms with Gasteiger partial charge >= 0.3 is 0 Å². The highest BCUT2D eigenvalue weighted by atomic mass is 16.2. The van der Waals surface area contributed by atoms with Gasteiger partial charge in [0, 0.05) is 12.2 Å². The number of hydrogen-bond acceptors (Lipinski definition) is 2. The normalized spacial score (nSPS) is 14.5. The molecule has 3 heteroatoms. The molecule has 0 aliphatic heterocycles. The molecule has 1 rings (SSSR count). The summed E-state index contributed by atoms with van der Waals surface area (Å²) in [5.41, 5.74) is 2.71. The fraction of sp³-hybridized carbons (Fsp3) is 0.240. The maximum atomic E-state index is 12.8. The minimum Gasteiger partial charge on any atom is -0.325 e. The van der Waals surface area contributed by atoms with Crippen LogP contribution < -0.4 is 10.6 Å². The second-order valence-corrected chi connectivity index (χ2v) is 6.58. The SMILES string of the molecule is C=C/C=C\C=C(/C)[C@@H](NCC(C)c1ccccc1)C(=O)NC(=C)/C=C\C=C/C. The smallest absolute Gasteiger partial charge is 0.245 e. The minimum absolute atomic E-state index is 0.129. The zero-order valence-corrected chi connectivity index (χ0v) is 17.2. The van der Waals surface area contributed by atoms with E-state index in [0.29, 0.717) is 12.2 Å². The van der Waals surface area contributed by atoms with E-state index in [4.69, 9.17) is 0 Å². The van der Waals surface area contributed by atoms with E-state index in [-0.39, 0.29) is 11.8 Å². The predicted molar refractivity (Wildman–Crippen MR) is 121 cm³/mol. The monoisotopic (exact) mass is 376 g/mol. The quantitative estimate of drug-likeness (QED) is 0.521. The molecule has 0 saturated heterocycles. The first-order chi connectivity index (χ1) is 13.5. The highest BCUT2D eigenvalue weighted by Crippen LogP contribution is 2.14. The summed E-state index contributed by atoms with van der Waals surface area (Å²) in [6.07, 6.45) is 14.8. The van der Waals surface area contributed by atoms with Crippen molar-refractivity contribution in [2.45, 2.75) is 32.7 Å². The summed E-state index contributed by atoms with van der Waals surface area (Å²) in [5.74, 6) is 0.155. The molecule has 148 valence electrons. The maximum absolute atomic E-state index is 12.8. The van der Waals surface area contributed by atoms with Crippen molar-refractivity contribution in [1.29, 1.82) is 0 Å². The molecule has 1 aromatic carbocycles. The third-order valence-corrected chi connectivity index (χ3v) is 4.21. The molecular weight excluding hydrogens is 344 g/mol. The number of hydrogen-bond donors (Lipinski definition) is 2. The van der Waals surface area contributed by atoms with Crippen molar-refractivity contribution in [1.82, 2.24) is 10.6 Å². The molecule has 2 atom stereocenters. The Balaban J connectivity index is 2.87. The van der Waals surface area contributed by atoms with Crippen LogP contribution in [0.1, 0.15) is 32.3 Å². The lowest BCUT2D eigenvalue weighted by Gasteiger charge is -2.22. The number of allylic oxidation sites excluding steroid dienone is 8. The lowest BCUT2D eigenvalue weighted by molar-refractivity contribution is -0.121. The molecule has 1 amide bonds. The number of amides is 1. The van der Waals surface area contributed by atoms with Gasteiger partial charge in [-0.1, -0.05) is 92.9 Å². The van der Waals surface area contributed by atoms with Crippen LogP contribution in [-0.2, 0) is 4.79 Å². The van der Waals surface area contributed by atoms with E-state index in [1.165, 1.54) is 5.56 Å². The van der Waals surface area contributed by atoms with Crippen LogP contribution in [0.3, 0.4) is 0 Å². The van der Waals surface area contributed by atoms with E-state index in [1.54, 1.807) is 12.2 Å². The van der Waals surface area contributed by atoms with Crippen LogP contribution in [0.4, 0.5) is 0 Å². The number of rotatable bonds is 11. The Bertz CT molecular complexity index is 754. The number of carbonyl (C=O) groups excluding carboxylic acids is 1. The van der Waals surface area contributed by atoms with Crippen molar-refractivity contribution in [2.24, 2.45) is 0 Å². The molecule has 0 radical (unpaired) electrons. The standard InChI is InChI=1S/C25H32N2O/c1-6-8-11-15-20(3)24(25(28)27-22(5)16-12-9-7-2)26-19-21(4)23-17-13-10-14-18-23/h6-18,21,24,26H,1,5,19H2,2-4H3,(H,27,28)/b9-7-,11-8-,16-12-,20-15+/t21?,24-/m1/s1. The largest absolute Gasteiger partial charge is 0.325 e. The van der Waals surface area contributed by atoms with Gasteiger partial charge < -0.3 is 10.6 Å². The molecule has 0 spiro atoms. The van der Waals surface area contributed by atoms with E-state index in [0.717, 1.165) is 5.57 Å². The topological polar surface area (TPSA) is 41.1 Å². The molecule has 0 aromatic heterocycles. The Hall–Kier alpha value is -2.91. The zero-order chi connectivity index (χ0) is 20.8. The molecule has 0 bridgehead atoms. The fourth-order valence-electron chi connectivity index (χ4n) is 2.59. The van der Waals surface area contributed by atoms with Gasteiger partial charge in [0.15, 0.2) is 0 Å². The van der Waals surface area contributed by atoms with Crippen LogP contribution >= 0.6 is 0 Å². The molecule has 1 aromatic rings. The van der Waals surface area contributed by atoms with Gasteiger partial charge in [0.2, 0.25) is 5.91 Å². The van der Waals surface area contributed by atoms with Gasteiger partial charge in [0.05, 0.1) is 0 Å². The van der Waals surface area contributed by atoms with Crippen LogP contribution in [0.25, 0.3) is 0 Å². The molecule has 0 aliphatic rings. The maximum Gasteiger partial charge on any atom is 0.245 e. The molecule has 3 nitrogen and oxygen atoms in total. The molecule has 0 saturated carbocycles. The summed E-state index contributed by atoms with van der Waals surface area (Å²) in [6.45, 7) is 14.3. The van der Waals surface area contributed by atoms with Crippen LogP contribution in [0.5, 0.6) is 0 Å².